The quantitative estimate of drug-likeness (QED) is 0.817. The number of carbonyl (C=O) groups is 1. The van der Waals surface area contributed by atoms with Crippen LogP contribution in [-0.4, -0.2) is 24.8 Å². The van der Waals surface area contributed by atoms with E-state index < -0.39 is 11.9 Å². The summed E-state index contributed by atoms with van der Waals surface area (Å²) in [7, 11) is 0. The third-order valence-corrected chi connectivity index (χ3v) is 5.39. The van der Waals surface area contributed by atoms with Gasteiger partial charge in [-0.05, 0) is 67.5 Å². The summed E-state index contributed by atoms with van der Waals surface area (Å²) in [5.74, 6) is -0.463. The van der Waals surface area contributed by atoms with Crippen molar-refractivity contribution in [3.8, 4) is 11.1 Å². The third-order valence-electron chi connectivity index (χ3n) is 5.39. The molecule has 2 aliphatic heterocycles. The molecular weight excluding hydrogens is 350 g/mol. The van der Waals surface area contributed by atoms with E-state index in [1.807, 2.05) is 0 Å². The van der Waals surface area contributed by atoms with Gasteiger partial charge in [-0.2, -0.15) is 0 Å². The predicted molar refractivity (Wildman–Crippen MR) is 99.4 cm³/mol. The normalized spacial score (nSPS) is 23.9. The van der Waals surface area contributed by atoms with E-state index in [-0.39, 0.29) is 5.82 Å². The summed E-state index contributed by atoms with van der Waals surface area (Å²) in [6.45, 7) is 0.363. The number of benzene rings is 2. The molecule has 2 aromatic carbocycles. The zero-order chi connectivity index (χ0) is 18.8. The lowest BCUT2D eigenvalue weighted by atomic mass is 9.93. The fraction of sp³-hybridized carbons (Fsp3) is 0.381. The number of hydrogen-bond acceptors (Lipinski definition) is 3. The van der Waals surface area contributed by atoms with Crippen molar-refractivity contribution in [2.45, 2.75) is 37.8 Å². The number of piperidine rings is 1. The summed E-state index contributed by atoms with van der Waals surface area (Å²) < 4.78 is 32.2. The Morgan fingerprint density at radius 2 is 1.70 bits per heavy atom. The van der Waals surface area contributed by atoms with Crippen molar-refractivity contribution in [2.24, 2.45) is 5.92 Å². The van der Waals surface area contributed by atoms with Gasteiger partial charge in [0.05, 0.1) is 12.3 Å². The number of fused-ring (bicyclic) bond motifs is 2. The van der Waals surface area contributed by atoms with Crippen LogP contribution in [0.25, 0.3) is 11.1 Å². The highest BCUT2D eigenvalue weighted by Gasteiger charge is 2.33. The van der Waals surface area contributed by atoms with Gasteiger partial charge < -0.3 is 10.1 Å². The van der Waals surface area contributed by atoms with Crippen LogP contribution in [0.3, 0.4) is 0 Å². The van der Waals surface area contributed by atoms with Gasteiger partial charge in [-0.3, -0.25) is 5.32 Å². The van der Waals surface area contributed by atoms with Gasteiger partial charge >= 0.3 is 6.09 Å². The highest BCUT2D eigenvalue weighted by Crippen LogP contribution is 2.32. The molecule has 4 nitrogen and oxygen atoms in total. The Morgan fingerprint density at radius 1 is 1.04 bits per heavy atom. The molecule has 1 amide bonds. The van der Waals surface area contributed by atoms with Gasteiger partial charge in [-0.15, -0.1) is 0 Å². The largest absolute Gasteiger partial charge is 0.449 e. The van der Waals surface area contributed by atoms with Crippen LogP contribution in [0.1, 0.15) is 25.7 Å². The second-order valence-corrected chi connectivity index (χ2v) is 7.40. The van der Waals surface area contributed by atoms with Gasteiger partial charge in [0.2, 0.25) is 0 Å². The molecule has 2 heterocycles. The fourth-order valence-corrected chi connectivity index (χ4v) is 4.15. The minimum atomic E-state index is -0.602. The van der Waals surface area contributed by atoms with Gasteiger partial charge in [-0.1, -0.05) is 12.1 Å². The van der Waals surface area contributed by atoms with Gasteiger partial charge in [0, 0.05) is 17.6 Å². The lowest BCUT2D eigenvalue weighted by Gasteiger charge is -2.28. The number of amides is 1. The summed E-state index contributed by atoms with van der Waals surface area (Å²) in [4.78, 5) is 12.3. The van der Waals surface area contributed by atoms with Gasteiger partial charge in [0.1, 0.15) is 11.6 Å². The van der Waals surface area contributed by atoms with E-state index in [0.717, 1.165) is 12.8 Å². The van der Waals surface area contributed by atoms with Gasteiger partial charge in [0.25, 0.3) is 0 Å². The Labute approximate surface area is 156 Å². The molecule has 2 N–H and O–H groups in total. The van der Waals surface area contributed by atoms with E-state index in [2.05, 4.69) is 10.6 Å². The summed E-state index contributed by atoms with van der Waals surface area (Å²) in [5.41, 5.74) is 1.59. The number of anilines is 1. The molecular formula is C21H22F2N2O2. The van der Waals surface area contributed by atoms with Crippen molar-refractivity contribution in [3.05, 3.63) is 54.1 Å². The van der Waals surface area contributed by atoms with E-state index in [9.17, 15) is 13.6 Å². The van der Waals surface area contributed by atoms with E-state index in [1.54, 1.807) is 18.2 Å². The monoisotopic (exact) mass is 372 g/mol. The zero-order valence-electron chi connectivity index (χ0n) is 14.9. The Balaban J connectivity index is 1.41. The molecule has 0 spiro atoms. The molecule has 2 unspecified atom stereocenters. The molecule has 6 heteroatoms. The molecule has 2 bridgehead atoms. The third kappa shape index (κ3) is 4.27. The molecule has 0 radical (unpaired) electrons. The van der Waals surface area contributed by atoms with Gasteiger partial charge in [0.15, 0.2) is 0 Å². The topological polar surface area (TPSA) is 50.4 Å². The van der Waals surface area contributed by atoms with Crippen LogP contribution in [0.4, 0.5) is 19.3 Å². The zero-order valence-corrected chi connectivity index (χ0v) is 14.9. The molecule has 2 aromatic rings. The second-order valence-electron chi connectivity index (χ2n) is 7.40. The number of ether oxygens (including phenoxy) is 1. The number of halogens is 2. The average molecular weight is 372 g/mol. The van der Waals surface area contributed by atoms with Crippen LogP contribution in [0.15, 0.2) is 42.5 Å². The molecule has 2 aliphatic rings. The SMILES string of the molecule is O=C(Nc1cc(F)ccc1-c1ccc(F)cc1)OCC1CC2CCC(C1)N2. The lowest BCUT2D eigenvalue weighted by molar-refractivity contribution is 0.122. The highest BCUT2D eigenvalue weighted by molar-refractivity contribution is 5.91. The van der Waals surface area contributed by atoms with Crippen LogP contribution < -0.4 is 10.6 Å². The van der Waals surface area contributed by atoms with Gasteiger partial charge in [-0.25, -0.2) is 13.6 Å². The molecule has 0 aliphatic carbocycles. The van der Waals surface area contributed by atoms with Crippen molar-refractivity contribution in [1.29, 1.82) is 0 Å². The lowest BCUT2D eigenvalue weighted by Crippen LogP contribution is -2.39. The first-order chi connectivity index (χ1) is 13.1. The average Bonchev–Trinajstić information content (AvgIpc) is 2.99. The van der Waals surface area contributed by atoms with Crippen LogP contribution in [0, 0.1) is 17.6 Å². The molecule has 0 aromatic heterocycles. The minimum absolute atomic E-state index is 0.303. The Kier molecular flexibility index (Phi) is 5.07. The van der Waals surface area contributed by atoms with Crippen LogP contribution in [-0.2, 0) is 4.74 Å². The molecule has 2 fully saturated rings. The van der Waals surface area contributed by atoms with Crippen molar-refractivity contribution in [2.75, 3.05) is 11.9 Å². The van der Waals surface area contributed by atoms with E-state index in [0.29, 0.717) is 41.4 Å². The predicted octanol–water partition coefficient (Wildman–Crippen LogP) is 4.71. The maximum absolute atomic E-state index is 13.7. The summed E-state index contributed by atoms with van der Waals surface area (Å²) in [6.07, 6.45) is 3.82. The summed E-state index contributed by atoms with van der Waals surface area (Å²) in [5, 5.41) is 6.19. The fourth-order valence-electron chi connectivity index (χ4n) is 4.15. The molecule has 142 valence electrons. The summed E-state index contributed by atoms with van der Waals surface area (Å²) >= 11 is 0. The number of carbonyl (C=O) groups excluding carboxylic acids is 1. The maximum Gasteiger partial charge on any atom is 0.411 e. The van der Waals surface area contributed by atoms with Crippen molar-refractivity contribution in [3.63, 3.8) is 0 Å². The van der Waals surface area contributed by atoms with Crippen LogP contribution in [0.5, 0.6) is 0 Å². The summed E-state index contributed by atoms with van der Waals surface area (Å²) in [6, 6.07) is 11.0. The number of rotatable bonds is 4. The van der Waals surface area contributed by atoms with Crippen molar-refractivity contribution in [1.82, 2.24) is 5.32 Å². The Hall–Kier alpha value is -2.47. The van der Waals surface area contributed by atoms with Crippen molar-refractivity contribution >= 4 is 11.8 Å². The first-order valence-corrected chi connectivity index (χ1v) is 9.32. The minimum Gasteiger partial charge on any atom is -0.449 e. The standard InChI is InChI=1S/C21H22F2N2O2/c22-15-3-1-14(2-4-15)19-8-5-16(23)11-20(19)25-21(26)27-12-13-9-17-6-7-18(10-13)24-17/h1-5,8,11,13,17-18,24H,6-7,9-10,12H2,(H,25,26). The smallest absolute Gasteiger partial charge is 0.411 e. The van der Waals surface area contributed by atoms with Crippen LogP contribution in [0.2, 0.25) is 0 Å². The Bertz CT molecular complexity index is 813. The molecule has 2 atom stereocenters. The van der Waals surface area contributed by atoms with Crippen molar-refractivity contribution < 1.29 is 18.3 Å². The first kappa shape index (κ1) is 17.9. The molecule has 2 saturated heterocycles. The first-order valence-electron chi connectivity index (χ1n) is 9.32. The highest BCUT2D eigenvalue weighted by atomic mass is 19.1. The number of nitrogens with one attached hydrogen (secondary N) is 2. The Morgan fingerprint density at radius 3 is 2.41 bits per heavy atom. The van der Waals surface area contributed by atoms with E-state index in [4.69, 9.17) is 4.74 Å². The number of hydrogen-bond donors (Lipinski definition) is 2. The molecule has 4 rings (SSSR count). The van der Waals surface area contributed by atoms with E-state index >= 15 is 0 Å². The molecule has 0 saturated carbocycles. The second kappa shape index (κ2) is 7.64. The maximum atomic E-state index is 13.7. The molecule has 27 heavy (non-hydrogen) atoms. The van der Waals surface area contributed by atoms with Crippen LogP contribution >= 0.6 is 0 Å². The van der Waals surface area contributed by atoms with E-state index in [1.165, 1.54) is 37.1 Å².